The Bertz CT molecular complexity index is 1980. The number of hydrogen-bond acceptors (Lipinski definition) is 5. The number of aromatic nitrogens is 5. The molecule has 0 aliphatic carbocycles. The summed E-state index contributed by atoms with van der Waals surface area (Å²) in [6.07, 6.45) is 11.9. The standard InChI is InChI=1S/C38H40FN7/c39-30-20-26(5-4-16-46-14-1-2-15-46)18-28(21-30)31-6-3-7-34-32(31)22-36(42-34)38-37-35(44-45-38)9-8-33(43-37)29-19-27(23-41-24-29)17-25-10-12-40-13-11-25/h3,6-9,18-25,40,42H,1-2,4-5,10-17H2,(H,44,45). The first-order valence-corrected chi connectivity index (χ1v) is 16.8. The minimum atomic E-state index is -0.189. The number of likely N-dealkylation sites (tertiary alicyclic amines) is 1. The van der Waals surface area contributed by atoms with Crippen LogP contribution in [0.5, 0.6) is 0 Å². The summed E-state index contributed by atoms with van der Waals surface area (Å²) in [4.78, 5) is 15.7. The number of rotatable bonds is 9. The minimum absolute atomic E-state index is 0.189. The van der Waals surface area contributed by atoms with Crippen molar-refractivity contribution in [3.8, 4) is 33.8 Å². The van der Waals surface area contributed by atoms with E-state index in [9.17, 15) is 4.39 Å². The van der Waals surface area contributed by atoms with Crippen molar-refractivity contribution in [2.24, 2.45) is 5.92 Å². The van der Waals surface area contributed by atoms with Crippen molar-refractivity contribution >= 4 is 21.9 Å². The third-order valence-corrected chi connectivity index (χ3v) is 9.81. The summed E-state index contributed by atoms with van der Waals surface area (Å²) >= 11 is 0. The summed E-state index contributed by atoms with van der Waals surface area (Å²) in [7, 11) is 0. The topological polar surface area (TPSA) is 85.5 Å². The van der Waals surface area contributed by atoms with Gasteiger partial charge in [0.1, 0.15) is 17.0 Å². The van der Waals surface area contributed by atoms with Crippen LogP contribution in [0.1, 0.15) is 43.2 Å². The normalized spacial score (nSPS) is 16.2. The Morgan fingerprint density at radius 3 is 2.63 bits per heavy atom. The van der Waals surface area contributed by atoms with Crippen LogP contribution in [0.25, 0.3) is 55.7 Å². The molecular formula is C38H40FN7. The number of halogens is 1. The van der Waals surface area contributed by atoms with Crippen LogP contribution < -0.4 is 5.32 Å². The molecule has 2 fully saturated rings. The lowest BCUT2D eigenvalue weighted by Crippen LogP contribution is -2.28. The van der Waals surface area contributed by atoms with Crippen LogP contribution >= 0.6 is 0 Å². The molecular weight excluding hydrogens is 573 g/mol. The predicted molar refractivity (Wildman–Crippen MR) is 183 cm³/mol. The van der Waals surface area contributed by atoms with Gasteiger partial charge in [-0.1, -0.05) is 18.2 Å². The fourth-order valence-electron chi connectivity index (χ4n) is 7.40. The van der Waals surface area contributed by atoms with Gasteiger partial charge in [-0.05, 0) is 148 Å². The quantitative estimate of drug-likeness (QED) is 0.157. The Balaban J connectivity index is 1.08. The van der Waals surface area contributed by atoms with Gasteiger partial charge < -0.3 is 15.2 Å². The fourth-order valence-corrected chi connectivity index (χ4v) is 7.40. The van der Waals surface area contributed by atoms with Gasteiger partial charge in [-0.25, -0.2) is 9.37 Å². The van der Waals surface area contributed by atoms with E-state index in [1.165, 1.54) is 44.3 Å². The maximum absolute atomic E-state index is 14.9. The summed E-state index contributed by atoms with van der Waals surface area (Å²) < 4.78 is 14.9. The van der Waals surface area contributed by atoms with E-state index in [1.807, 2.05) is 30.6 Å². The second kappa shape index (κ2) is 12.8. The molecule has 0 spiro atoms. The molecule has 6 heterocycles. The molecule has 2 aliphatic heterocycles. The largest absolute Gasteiger partial charge is 0.353 e. The van der Waals surface area contributed by atoms with E-state index in [-0.39, 0.29) is 5.82 Å². The van der Waals surface area contributed by atoms with Crippen LogP contribution in [0.2, 0.25) is 0 Å². The summed E-state index contributed by atoms with van der Waals surface area (Å²) in [6, 6.07) is 20.1. The van der Waals surface area contributed by atoms with Gasteiger partial charge >= 0.3 is 0 Å². The third-order valence-electron chi connectivity index (χ3n) is 9.81. The first-order valence-electron chi connectivity index (χ1n) is 16.8. The van der Waals surface area contributed by atoms with Gasteiger partial charge in [0.15, 0.2) is 0 Å². The Hall–Kier alpha value is -4.40. The van der Waals surface area contributed by atoms with Gasteiger partial charge in [-0.15, -0.1) is 0 Å². The van der Waals surface area contributed by atoms with E-state index in [1.54, 1.807) is 12.1 Å². The highest BCUT2D eigenvalue weighted by Crippen LogP contribution is 2.35. The summed E-state index contributed by atoms with van der Waals surface area (Å²) in [5, 5.41) is 12.3. The lowest BCUT2D eigenvalue weighted by molar-refractivity contribution is 0.334. The van der Waals surface area contributed by atoms with Crippen molar-refractivity contribution in [1.29, 1.82) is 0 Å². The Morgan fingerprint density at radius 2 is 1.74 bits per heavy atom. The van der Waals surface area contributed by atoms with Crippen molar-refractivity contribution in [3.63, 3.8) is 0 Å². The number of nitrogens with zero attached hydrogens (tertiary/aromatic N) is 4. The second-order valence-corrected chi connectivity index (χ2v) is 13.1. The molecule has 8 rings (SSSR count). The molecule has 0 unspecified atom stereocenters. The van der Waals surface area contributed by atoms with Crippen molar-refractivity contribution in [3.05, 3.63) is 90.0 Å². The number of pyridine rings is 2. The molecule has 0 bridgehead atoms. The zero-order chi connectivity index (χ0) is 30.9. The lowest BCUT2D eigenvalue weighted by atomic mass is 9.91. The van der Waals surface area contributed by atoms with Crippen LogP contribution in [0.4, 0.5) is 4.39 Å². The Morgan fingerprint density at radius 1 is 0.870 bits per heavy atom. The van der Waals surface area contributed by atoms with Crippen molar-refractivity contribution < 1.29 is 4.39 Å². The van der Waals surface area contributed by atoms with Gasteiger partial charge in [0, 0.05) is 28.9 Å². The highest BCUT2D eigenvalue weighted by Gasteiger charge is 2.18. The van der Waals surface area contributed by atoms with E-state index in [4.69, 9.17) is 4.98 Å². The summed E-state index contributed by atoms with van der Waals surface area (Å²) in [5.74, 6) is 0.505. The first kappa shape index (κ1) is 29.0. The number of nitrogens with one attached hydrogen (secondary N) is 3. The molecule has 3 N–H and O–H groups in total. The van der Waals surface area contributed by atoms with Gasteiger partial charge in [0.2, 0.25) is 0 Å². The van der Waals surface area contributed by atoms with Crippen LogP contribution in [-0.2, 0) is 12.8 Å². The first-order chi connectivity index (χ1) is 22.7. The monoisotopic (exact) mass is 613 g/mol. The van der Waals surface area contributed by atoms with Gasteiger partial charge in [0.25, 0.3) is 0 Å². The average molecular weight is 614 g/mol. The van der Waals surface area contributed by atoms with Crippen LogP contribution in [0, 0.1) is 11.7 Å². The van der Waals surface area contributed by atoms with Crippen LogP contribution in [-0.4, -0.2) is 62.8 Å². The number of benzene rings is 2. The maximum atomic E-state index is 14.9. The minimum Gasteiger partial charge on any atom is -0.353 e. The number of fused-ring (bicyclic) bond motifs is 2. The second-order valence-electron chi connectivity index (χ2n) is 13.1. The van der Waals surface area contributed by atoms with E-state index in [0.717, 1.165) is 100 Å². The SMILES string of the molecule is Fc1cc(CCCN2CCCC2)cc(-c2cccc3[nH]c(-c4n[nH]c5ccc(-c6cncc(CC7CCNCC7)c6)nc45)cc23)c1. The highest BCUT2D eigenvalue weighted by atomic mass is 19.1. The lowest BCUT2D eigenvalue weighted by Gasteiger charge is -2.22. The molecule has 2 aromatic carbocycles. The number of aryl methyl sites for hydroxylation is 1. The molecule has 2 saturated heterocycles. The molecule has 0 amide bonds. The molecule has 8 heteroatoms. The van der Waals surface area contributed by atoms with E-state index >= 15 is 0 Å². The van der Waals surface area contributed by atoms with Crippen LogP contribution in [0.15, 0.2) is 73.1 Å². The molecule has 0 atom stereocenters. The third kappa shape index (κ3) is 6.07. The van der Waals surface area contributed by atoms with Crippen molar-refractivity contribution in [2.75, 3.05) is 32.7 Å². The molecule has 7 nitrogen and oxygen atoms in total. The zero-order valence-electron chi connectivity index (χ0n) is 26.2. The number of H-pyrrole nitrogens is 2. The predicted octanol–water partition coefficient (Wildman–Crippen LogP) is 7.54. The Kier molecular flexibility index (Phi) is 8.06. The van der Waals surface area contributed by atoms with Crippen molar-refractivity contribution in [1.82, 2.24) is 35.4 Å². The summed E-state index contributed by atoms with van der Waals surface area (Å²) in [5.41, 5.74) is 10.4. The molecule has 46 heavy (non-hydrogen) atoms. The maximum Gasteiger partial charge on any atom is 0.135 e. The van der Waals surface area contributed by atoms with E-state index in [0.29, 0.717) is 5.92 Å². The summed E-state index contributed by atoms with van der Waals surface area (Å²) in [6.45, 7) is 5.65. The molecule has 4 aromatic heterocycles. The van der Waals surface area contributed by atoms with E-state index in [2.05, 4.69) is 60.7 Å². The number of piperidine rings is 1. The highest BCUT2D eigenvalue weighted by molar-refractivity contribution is 6.00. The van der Waals surface area contributed by atoms with E-state index < -0.39 is 0 Å². The van der Waals surface area contributed by atoms with Crippen LogP contribution in [0.3, 0.4) is 0 Å². The smallest absolute Gasteiger partial charge is 0.135 e. The van der Waals surface area contributed by atoms with Gasteiger partial charge in [0.05, 0.1) is 16.9 Å². The number of hydrogen-bond donors (Lipinski definition) is 3. The zero-order valence-corrected chi connectivity index (χ0v) is 26.2. The fraction of sp³-hybridized carbons (Fsp3) is 0.342. The Labute approximate surface area is 268 Å². The molecule has 2 aliphatic rings. The molecule has 6 aromatic rings. The number of aromatic amines is 2. The average Bonchev–Trinajstić information content (AvgIpc) is 3.85. The molecule has 0 radical (unpaired) electrons. The molecule has 0 saturated carbocycles. The van der Waals surface area contributed by atoms with Crippen molar-refractivity contribution in [2.45, 2.75) is 44.9 Å². The molecule has 234 valence electrons. The van der Waals surface area contributed by atoms with Gasteiger partial charge in [-0.3, -0.25) is 10.1 Å². The van der Waals surface area contributed by atoms with Gasteiger partial charge in [-0.2, -0.15) is 5.10 Å².